The number of sulfonamides is 1. The lowest BCUT2D eigenvalue weighted by Crippen LogP contribution is -2.16. The Bertz CT molecular complexity index is 1030. The molecule has 0 unspecified atom stereocenters. The highest BCUT2D eigenvalue weighted by Gasteiger charge is 2.22. The molecular formula is C14H10ClN3O4S2. The summed E-state index contributed by atoms with van der Waals surface area (Å²) in [5.74, 6) is -0.682. The van der Waals surface area contributed by atoms with Crippen molar-refractivity contribution in [2.75, 3.05) is 11.8 Å². The van der Waals surface area contributed by atoms with E-state index in [9.17, 15) is 13.2 Å². The number of anilines is 1. The minimum atomic E-state index is -4.00. The summed E-state index contributed by atoms with van der Waals surface area (Å²) >= 11 is 6.83. The van der Waals surface area contributed by atoms with E-state index in [-0.39, 0.29) is 26.7 Å². The molecule has 0 aliphatic carbocycles. The fraction of sp³-hybridized carbons (Fsp3) is 0.0714. The minimum Gasteiger partial charge on any atom is -0.465 e. The number of aromatic nitrogens is 2. The minimum absolute atomic E-state index is 0.0227. The molecule has 0 aliphatic rings. The number of hydrogen-bond acceptors (Lipinski definition) is 7. The van der Waals surface area contributed by atoms with Crippen molar-refractivity contribution < 1.29 is 17.9 Å². The van der Waals surface area contributed by atoms with E-state index >= 15 is 0 Å². The van der Waals surface area contributed by atoms with E-state index in [0.29, 0.717) is 5.52 Å². The maximum Gasteiger partial charge on any atom is 0.339 e. The van der Waals surface area contributed by atoms with Crippen LogP contribution >= 0.6 is 23.3 Å². The van der Waals surface area contributed by atoms with Gasteiger partial charge in [0.15, 0.2) is 0 Å². The highest BCUT2D eigenvalue weighted by atomic mass is 35.5. The van der Waals surface area contributed by atoms with Crippen molar-refractivity contribution in [3.8, 4) is 0 Å². The Morgan fingerprint density at radius 3 is 2.79 bits per heavy atom. The van der Waals surface area contributed by atoms with Gasteiger partial charge in [0.1, 0.15) is 15.9 Å². The standard InChI is InChI=1S/C14H10ClN3O4S2/c1-22-14(19)9-6-5-8(15)7-11(9)18-24(20,21)12-4-2-3-10-13(12)17-23-16-10/h2-7,18H,1H3. The molecule has 7 nitrogen and oxygen atoms in total. The van der Waals surface area contributed by atoms with Gasteiger partial charge in [0, 0.05) is 5.02 Å². The van der Waals surface area contributed by atoms with E-state index in [0.717, 1.165) is 11.7 Å². The Hall–Kier alpha value is -2.23. The number of esters is 1. The van der Waals surface area contributed by atoms with E-state index < -0.39 is 16.0 Å². The number of benzene rings is 2. The molecule has 1 aromatic heterocycles. The maximum atomic E-state index is 12.7. The fourth-order valence-electron chi connectivity index (χ4n) is 2.09. The van der Waals surface area contributed by atoms with Gasteiger partial charge in [0.2, 0.25) is 0 Å². The molecule has 0 saturated heterocycles. The summed E-state index contributed by atoms with van der Waals surface area (Å²) in [6.45, 7) is 0. The van der Waals surface area contributed by atoms with E-state index in [1.54, 1.807) is 12.1 Å². The molecule has 2 aromatic carbocycles. The normalized spacial score (nSPS) is 11.4. The molecule has 0 aliphatic heterocycles. The molecule has 10 heteroatoms. The summed E-state index contributed by atoms with van der Waals surface area (Å²) in [6, 6.07) is 8.83. The third kappa shape index (κ3) is 3.05. The van der Waals surface area contributed by atoms with Crippen molar-refractivity contribution in [2.24, 2.45) is 0 Å². The van der Waals surface area contributed by atoms with Gasteiger partial charge in [-0.15, -0.1) is 0 Å². The fourth-order valence-corrected chi connectivity index (χ4v) is 4.10. The molecule has 3 rings (SSSR count). The average molecular weight is 384 g/mol. The Kier molecular flexibility index (Phi) is 4.39. The van der Waals surface area contributed by atoms with Gasteiger partial charge in [-0.25, -0.2) is 13.2 Å². The van der Waals surface area contributed by atoms with Crippen molar-refractivity contribution in [2.45, 2.75) is 4.90 Å². The van der Waals surface area contributed by atoms with E-state index in [4.69, 9.17) is 11.6 Å². The quantitative estimate of drug-likeness (QED) is 0.695. The second-order valence-corrected chi connectivity index (χ2v) is 7.29. The van der Waals surface area contributed by atoms with Gasteiger partial charge >= 0.3 is 5.97 Å². The van der Waals surface area contributed by atoms with Gasteiger partial charge < -0.3 is 4.74 Å². The smallest absolute Gasteiger partial charge is 0.339 e. The number of carbonyl (C=O) groups excluding carboxylic acids is 1. The third-order valence-corrected chi connectivity index (χ3v) is 5.34. The first-order valence-electron chi connectivity index (χ1n) is 6.54. The molecule has 0 radical (unpaired) electrons. The Labute approximate surface area is 146 Å². The van der Waals surface area contributed by atoms with E-state index in [2.05, 4.69) is 18.2 Å². The first kappa shape index (κ1) is 16.6. The van der Waals surface area contributed by atoms with Crippen molar-refractivity contribution in [3.05, 3.63) is 47.0 Å². The zero-order valence-corrected chi connectivity index (χ0v) is 14.6. The number of fused-ring (bicyclic) bond motifs is 1. The first-order valence-corrected chi connectivity index (χ1v) is 9.13. The number of hydrogen-bond donors (Lipinski definition) is 1. The Morgan fingerprint density at radius 2 is 2.04 bits per heavy atom. The molecule has 0 amide bonds. The molecule has 0 atom stereocenters. The number of methoxy groups -OCH3 is 1. The molecule has 0 bridgehead atoms. The number of nitrogens with zero attached hydrogens (tertiary/aromatic N) is 2. The summed E-state index contributed by atoms with van der Waals surface area (Å²) in [5, 5.41) is 0.272. The second kappa shape index (κ2) is 6.34. The van der Waals surface area contributed by atoms with Crippen molar-refractivity contribution in [3.63, 3.8) is 0 Å². The van der Waals surface area contributed by atoms with Gasteiger partial charge in [-0.05, 0) is 30.3 Å². The van der Waals surface area contributed by atoms with Crippen LogP contribution in [-0.4, -0.2) is 30.2 Å². The van der Waals surface area contributed by atoms with Crippen LogP contribution in [0.2, 0.25) is 5.02 Å². The van der Waals surface area contributed by atoms with Crippen LogP contribution < -0.4 is 4.72 Å². The average Bonchev–Trinajstić information content (AvgIpc) is 3.02. The van der Waals surface area contributed by atoms with Crippen molar-refractivity contribution in [1.82, 2.24) is 8.75 Å². The zero-order valence-electron chi connectivity index (χ0n) is 12.2. The lowest BCUT2D eigenvalue weighted by atomic mass is 10.2. The van der Waals surface area contributed by atoms with E-state index in [1.807, 2.05) is 0 Å². The van der Waals surface area contributed by atoms with Crippen molar-refractivity contribution in [1.29, 1.82) is 0 Å². The van der Waals surface area contributed by atoms with Crippen LogP contribution in [0.1, 0.15) is 10.4 Å². The highest BCUT2D eigenvalue weighted by molar-refractivity contribution is 7.93. The predicted molar refractivity (Wildman–Crippen MR) is 91.0 cm³/mol. The molecule has 0 spiro atoms. The Balaban J connectivity index is 2.09. The highest BCUT2D eigenvalue weighted by Crippen LogP contribution is 2.27. The topological polar surface area (TPSA) is 98.2 Å². The summed E-state index contributed by atoms with van der Waals surface area (Å²) < 4.78 is 40.5. The van der Waals surface area contributed by atoms with Gasteiger partial charge in [-0.1, -0.05) is 17.7 Å². The molecule has 1 N–H and O–H groups in total. The van der Waals surface area contributed by atoms with Crippen molar-refractivity contribution >= 4 is 56.0 Å². The first-order chi connectivity index (χ1) is 11.4. The van der Waals surface area contributed by atoms with Crippen LogP contribution in [0.5, 0.6) is 0 Å². The molecule has 3 aromatic rings. The maximum absolute atomic E-state index is 12.7. The molecule has 124 valence electrons. The SMILES string of the molecule is COC(=O)c1ccc(Cl)cc1NS(=O)(=O)c1cccc2nsnc12. The predicted octanol–water partition coefficient (Wildman–Crippen LogP) is 2.93. The van der Waals surface area contributed by atoms with Crippen LogP contribution in [0.15, 0.2) is 41.3 Å². The molecule has 0 saturated carbocycles. The molecule has 1 heterocycles. The Morgan fingerprint density at radius 1 is 1.25 bits per heavy atom. The van der Waals surface area contributed by atoms with Gasteiger partial charge in [-0.2, -0.15) is 8.75 Å². The largest absolute Gasteiger partial charge is 0.465 e. The van der Waals surface area contributed by atoms with Gasteiger partial charge in [0.05, 0.1) is 30.1 Å². The lowest BCUT2D eigenvalue weighted by Gasteiger charge is -2.12. The van der Waals surface area contributed by atoms with Crippen LogP contribution in [0.4, 0.5) is 5.69 Å². The van der Waals surface area contributed by atoms with Crippen LogP contribution in [-0.2, 0) is 14.8 Å². The zero-order chi connectivity index (χ0) is 17.3. The van der Waals surface area contributed by atoms with Crippen LogP contribution in [0.25, 0.3) is 11.0 Å². The van der Waals surface area contributed by atoms with Gasteiger partial charge in [0.25, 0.3) is 10.0 Å². The number of carbonyl (C=O) groups is 1. The monoisotopic (exact) mass is 383 g/mol. The summed E-state index contributed by atoms with van der Waals surface area (Å²) in [6.07, 6.45) is 0. The van der Waals surface area contributed by atoms with E-state index in [1.165, 1.54) is 31.4 Å². The number of nitrogens with one attached hydrogen (secondary N) is 1. The number of halogens is 1. The van der Waals surface area contributed by atoms with Gasteiger partial charge in [-0.3, -0.25) is 4.72 Å². The van der Waals surface area contributed by atoms with Crippen LogP contribution in [0.3, 0.4) is 0 Å². The van der Waals surface area contributed by atoms with Crippen LogP contribution in [0, 0.1) is 0 Å². The second-order valence-electron chi connectivity index (χ2n) is 4.68. The summed E-state index contributed by atoms with van der Waals surface area (Å²) in [7, 11) is -2.80. The number of rotatable bonds is 4. The lowest BCUT2D eigenvalue weighted by molar-refractivity contribution is 0.0602. The molecule has 0 fully saturated rings. The third-order valence-electron chi connectivity index (χ3n) is 3.17. The summed E-state index contributed by atoms with van der Waals surface area (Å²) in [5.41, 5.74) is 0.808. The summed E-state index contributed by atoms with van der Waals surface area (Å²) in [4.78, 5) is 11.8. The number of ether oxygens (including phenoxy) is 1. The molecule has 24 heavy (non-hydrogen) atoms. The molecular weight excluding hydrogens is 374 g/mol.